The van der Waals surface area contributed by atoms with Crippen molar-refractivity contribution in [3.63, 3.8) is 0 Å². The first kappa shape index (κ1) is 16.3. The molecule has 0 aromatic heterocycles. The molecular weight excluding hydrogens is 242 g/mol. The van der Waals surface area contributed by atoms with Gasteiger partial charge in [0, 0.05) is 0 Å². The summed E-state index contributed by atoms with van der Waals surface area (Å²) in [5.41, 5.74) is 0. The Bertz CT molecular complexity index is 244. The second-order valence-electron chi connectivity index (χ2n) is 7.49. The number of hydrogen-bond acceptors (Lipinski definition) is 1. The van der Waals surface area contributed by atoms with Gasteiger partial charge in [-0.25, -0.2) is 0 Å². The Hall–Kier alpha value is -0.0400. The van der Waals surface area contributed by atoms with Crippen molar-refractivity contribution in [3.8, 4) is 0 Å². The second kappa shape index (κ2) is 9.07. The van der Waals surface area contributed by atoms with Gasteiger partial charge in [0.25, 0.3) is 0 Å². The van der Waals surface area contributed by atoms with E-state index in [1.54, 1.807) is 6.42 Å². The number of nitrogens with one attached hydrogen (secondary N) is 1. The lowest BCUT2D eigenvalue weighted by Gasteiger charge is -2.42. The lowest BCUT2D eigenvalue weighted by Crippen LogP contribution is -2.37. The smallest absolute Gasteiger partial charge is 0.00178 e. The van der Waals surface area contributed by atoms with Crippen LogP contribution in [0.2, 0.25) is 0 Å². The van der Waals surface area contributed by atoms with Gasteiger partial charge in [-0.2, -0.15) is 0 Å². The zero-order chi connectivity index (χ0) is 14.2. The van der Waals surface area contributed by atoms with E-state index in [0.717, 1.165) is 23.7 Å². The summed E-state index contributed by atoms with van der Waals surface area (Å²) in [6, 6.07) is 0. The predicted molar refractivity (Wildman–Crippen MR) is 89.0 cm³/mol. The molecule has 2 aliphatic carbocycles. The van der Waals surface area contributed by atoms with Crippen LogP contribution in [0.4, 0.5) is 0 Å². The van der Waals surface area contributed by atoms with Crippen molar-refractivity contribution in [1.29, 1.82) is 0 Å². The fourth-order valence-corrected chi connectivity index (χ4v) is 4.89. The zero-order valence-electron chi connectivity index (χ0n) is 14.0. The van der Waals surface area contributed by atoms with Crippen LogP contribution in [0.25, 0.3) is 0 Å². The fraction of sp³-hybridized carbons (Fsp3) is 1.00. The van der Waals surface area contributed by atoms with Gasteiger partial charge in [-0.3, -0.25) is 0 Å². The van der Waals surface area contributed by atoms with Crippen molar-refractivity contribution in [2.45, 2.75) is 84.5 Å². The molecule has 0 amide bonds. The molecule has 0 aromatic rings. The van der Waals surface area contributed by atoms with Gasteiger partial charge in [0.15, 0.2) is 0 Å². The van der Waals surface area contributed by atoms with Gasteiger partial charge in [-0.1, -0.05) is 65.2 Å². The molecule has 1 heteroatoms. The normalized spacial score (nSPS) is 32.4. The van der Waals surface area contributed by atoms with Gasteiger partial charge >= 0.3 is 0 Å². The Morgan fingerprint density at radius 3 is 2.40 bits per heavy atom. The van der Waals surface area contributed by atoms with Gasteiger partial charge in [0.05, 0.1) is 0 Å². The van der Waals surface area contributed by atoms with Crippen LogP contribution < -0.4 is 5.32 Å². The second-order valence-corrected chi connectivity index (χ2v) is 7.49. The van der Waals surface area contributed by atoms with Crippen molar-refractivity contribution in [2.75, 3.05) is 13.1 Å². The molecule has 0 bridgehead atoms. The minimum absolute atomic E-state index is 0.984. The van der Waals surface area contributed by atoms with Crippen LogP contribution in [-0.4, -0.2) is 13.1 Å². The molecule has 0 aromatic carbocycles. The molecule has 0 radical (unpaired) electrons. The molecule has 0 heterocycles. The van der Waals surface area contributed by atoms with Gasteiger partial charge in [-0.05, 0) is 56.0 Å². The highest BCUT2D eigenvalue weighted by Gasteiger charge is 2.35. The van der Waals surface area contributed by atoms with E-state index in [1.807, 2.05) is 0 Å². The first-order valence-corrected chi connectivity index (χ1v) is 9.55. The standard InChI is InChI=1S/C19H37N/c1-3-8-16-11-12-18(15-20-13-4-2)19(14-16)17-9-6-5-7-10-17/h16-20H,3-15H2,1-2H3. The highest BCUT2D eigenvalue weighted by Crippen LogP contribution is 2.44. The Kier molecular flexibility index (Phi) is 7.41. The predicted octanol–water partition coefficient (Wildman–Crippen LogP) is 5.40. The van der Waals surface area contributed by atoms with Crippen molar-refractivity contribution < 1.29 is 0 Å². The van der Waals surface area contributed by atoms with Crippen LogP contribution in [0.3, 0.4) is 0 Å². The van der Waals surface area contributed by atoms with E-state index in [2.05, 4.69) is 19.2 Å². The summed E-state index contributed by atoms with van der Waals surface area (Å²) in [6.07, 6.45) is 16.3. The van der Waals surface area contributed by atoms with Gasteiger partial charge in [0.1, 0.15) is 0 Å². The van der Waals surface area contributed by atoms with E-state index in [-0.39, 0.29) is 0 Å². The molecule has 3 atom stereocenters. The Balaban J connectivity index is 1.90. The molecule has 0 saturated heterocycles. The van der Waals surface area contributed by atoms with Crippen LogP contribution in [0.1, 0.15) is 84.5 Å². The number of rotatable bonds is 7. The Morgan fingerprint density at radius 1 is 0.900 bits per heavy atom. The molecule has 2 saturated carbocycles. The summed E-state index contributed by atoms with van der Waals surface area (Å²) in [5.74, 6) is 4.15. The van der Waals surface area contributed by atoms with Crippen LogP contribution in [0, 0.1) is 23.7 Å². The zero-order valence-corrected chi connectivity index (χ0v) is 14.0. The van der Waals surface area contributed by atoms with E-state index >= 15 is 0 Å². The molecule has 2 aliphatic rings. The molecule has 0 spiro atoms. The molecule has 1 N–H and O–H groups in total. The first-order chi connectivity index (χ1) is 9.85. The molecule has 3 unspecified atom stereocenters. The average molecular weight is 280 g/mol. The third-order valence-electron chi connectivity index (χ3n) is 5.94. The SMILES string of the molecule is CCCNCC1CCC(CCC)CC1C1CCCCC1. The quantitative estimate of drug-likeness (QED) is 0.615. The molecule has 20 heavy (non-hydrogen) atoms. The molecule has 118 valence electrons. The summed E-state index contributed by atoms with van der Waals surface area (Å²) in [4.78, 5) is 0. The van der Waals surface area contributed by atoms with Crippen LogP contribution >= 0.6 is 0 Å². The highest BCUT2D eigenvalue weighted by molar-refractivity contribution is 4.86. The fourth-order valence-electron chi connectivity index (χ4n) is 4.89. The molecular formula is C19H37N. The van der Waals surface area contributed by atoms with Gasteiger partial charge in [0.2, 0.25) is 0 Å². The molecule has 2 fully saturated rings. The lowest BCUT2D eigenvalue weighted by molar-refractivity contribution is 0.0918. The summed E-state index contributed by atoms with van der Waals surface area (Å²) in [6.45, 7) is 7.16. The van der Waals surface area contributed by atoms with Crippen molar-refractivity contribution >= 4 is 0 Å². The maximum atomic E-state index is 3.72. The minimum Gasteiger partial charge on any atom is -0.316 e. The maximum absolute atomic E-state index is 3.72. The Morgan fingerprint density at radius 2 is 1.70 bits per heavy atom. The van der Waals surface area contributed by atoms with E-state index in [0.29, 0.717) is 0 Å². The maximum Gasteiger partial charge on any atom is -0.00178 e. The van der Waals surface area contributed by atoms with E-state index in [4.69, 9.17) is 0 Å². The summed E-state index contributed by atoms with van der Waals surface area (Å²) >= 11 is 0. The van der Waals surface area contributed by atoms with Crippen molar-refractivity contribution in [3.05, 3.63) is 0 Å². The van der Waals surface area contributed by atoms with Crippen LogP contribution in [0.5, 0.6) is 0 Å². The molecule has 1 nitrogen and oxygen atoms in total. The summed E-state index contributed by atoms with van der Waals surface area (Å²) in [7, 11) is 0. The van der Waals surface area contributed by atoms with E-state index in [1.165, 1.54) is 77.3 Å². The van der Waals surface area contributed by atoms with Gasteiger partial charge < -0.3 is 5.32 Å². The van der Waals surface area contributed by atoms with Crippen molar-refractivity contribution in [1.82, 2.24) is 5.32 Å². The Labute approximate surface area is 127 Å². The highest BCUT2D eigenvalue weighted by atomic mass is 14.9. The molecule has 2 rings (SSSR count). The minimum atomic E-state index is 0.984. The monoisotopic (exact) mass is 279 g/mol. The third-order valence-corrected chi connectivity index (χ3v) is 5.94. The van der Waals surface area contributed by atoms with Gasteiger partial charge in [-0.15, -0.1) is 0 Å². The van der Waals surface area contributed by atoms with Crippen LogP contribution in [-0.2, 0) is 0 Å². The summed E-state index contributed by atoms with van der Waals surface area (Å²) in [5, 5.41) is 3.72. The third kappa shape index (κ3) is 4.76. The molecule has 0 aliphatic heterocycles. The van der Waals surface area contributed by atoms with Crippen molar-refractivity contribution in [2.24, 2.45) is 23.7 Å². The number of hydrogen-bond donors (Lipinski definition) is 1. The first-order valence-electron chi connectivity index (χ1n) is 9.55. The largest absolute Gasteiger partial charge is 0.316 e. The summed E-state index contributed by atoms with van der Waals surface area (Å²) < 4.78 is 0. The average Bonchev–Trinajstić information content (AvgIpc) is 2.50. The van der Waals surface area contributed by atoms with E-state index in [9.17, 15) is 0 Å². The lowest BCUT2D eigenvalue weighted by atomic mass is 9.64. The topological polar surface area (TPSA) is 12.0 Å². The van der Waals surface area contributed by atoms with Crippen LogP contribution in [0.15, 0.2) is 0 Å². The van der Waals surface area contributed by atoms with E-state index < -0.39 is 0 Å².